The van der Waals surface area contributed by atoms with Crippen LogP contribution in [0.15, 0.2) is 91.0 Å². The molecule has 33 heavy (non-hydrogen) atoms. The van der Waals surface area contributed by atoms with Crippen LogP contribution in [0.3, 0.4) is 0 Å². The van der Waals surface area contributed by atoms with Gasteiger partial charge >= 0.3 is 5.97 Å². The minimum atomic E-state index is -0.829. The summed E-state index contributed by atoms with van der Waals surface area (Å²) in [6.07, 6.45) is 1.42. The third kappa shape index (κ3) is 4.88. The van der Waals surface area contributed by atoms with Crippen LogP contribution in [-0.2, 0) is 15.1 Å². The molecule has 1 unspecified atom stereocenters. The second kappa shape index (κ2) is 10.8. The number of nitrogens with zero attached hydrogens (tertiary/aromatic N) is 1. The molecule has 1 aliphatic heterocycles. The molecule has 3 aromatic rings. The minimum absolute atomic E-state index is 0.290. The van der Waals surface area contributed by atoms with Crippen LogP contribution in [0.2, 0.25) is 0 Å². The van der Waals surface area contributed by atoms with Gasteiger partial charge in [0.15, 0.2) is 5.62 Å². The molecular formula is C27H28N2O3S. The Hall–Kier alpha value is -2.93. The van der Waals surface area contributed by atoms with Crippen LogP contribution in [-0.4, -0.2) is 46.1 Å². The van der Waals surface area contributed by atoms with Crippen molar-refractivity contribution in [1.29, 1.82) is 0 Å². The molecule has 0 bridgehead atoms. The molecule has 0 spiro atoms. The highest BCUT2D eigenvalue weighted by atomic mass is 32.2. The van der Waals surface area contributed by atoms with Crippen molar-refractivity contribution in [2.75, 3.05) is 13.1 Å². The standard InChI is InChI=1S/C27H28N2O3S/c30-20-33-25(29-18-10-17-24(29)26(31)32)19-28-27(21-11-4-1-5-12-21,22-13-6-2-7-14-22)23-15-8-3-9-16-23/h1-9,11-16,20,24-25,28H,10,17-19H2,(H,31,32)/t24-,25?/m0/s1. The number of likely N-dealkylation sites (tertiary alicyclic amines) is 1. The van der Waals surface area contributed by atoms with Gasteiger partial charge in [0.25, 0.3) is 0 Å². The number of hydrogen-bond donors (Lipinski definition) is 2. The molecule has 0 radical (unpaired) electrons. The second-order valence-corrected chi connectivity index (χ2v) is 9.16. The average Bonchev–Trinajstić information content (AvgIpc) is 3.36. The fourth-order valence-electron chi connectivity index (χ4n) is 4.82. The lowest BCUT2D eigenvalue weighted by Gasteiger charge is -2.39. The van der Waals surface area contributed by atoms with E-state index in [4.69, 9.17) is 0 Å². The van der Waals surface area contributed by atoms with E-state index in [1.165, 1.54) is 0 Å². The number of thioether (sulfide) groups is 1. The zero-order valence-corrected chi connectivity index (χ0v) is 19.2. The molecular weight excluding hydrogens is 432 g/mol. The number of carbonyl (C=O) groups excluding carboxylic acids is 1. The number of rotatable bonds is 10. The van der Waals surface area contributed by atoms with Crippen molar-refractivity contribution in [3.63, 3.8) is 0 Å². The molecule has 4 rings (SSSR count). The molecule has 3 aromatic carbocycles. The Morgan fingerprint density at radius 1 is 0.970 bits per heavy atom. The summed E-state index contributed by atoms with van der Waals surface area (Å²) in [5, 5.41) is 13.2. The molecule has 1 saturated heterocycles. The summed E-state index contributed by atoms with van der Waals surface area (Å²) in [5.74, 6) is -0.829. The van der Waals surface area contributed by atoms with Gasteiger partial charge in [-0.25, -0.2) is 0 Å². The van der Waals surface area contributed by atoms with Gasteiger partial charge in [0.1, 0.15) is 6.04 Å². The lowest BCUT2D eigenvalue weighted by molar-refractivity contribution is -0.142. The second-order valence-electron chi connectivity index (χ2n) is 8.15. The molecule has 1 aliphatic rings. The zero-order valence-electron chi connectivity index (χ0n) is 18.3. The highest BCUT2D eigenvalue weighted by Crippen LogP contribution is 2.37. The van der Waals surface area contributed by atoms with Crippen molar-refractivity contribution >= 4 is 23.3 Å². The summed E-state index contributed by atoms with van der Waals surface area (Å²) < 4.78 is 0. The van der Waals surface area contributed by atoms with E-state index < -0.39 is 17.6 Å². The van der Waals surface area contributed by atoms with Gasteiger partial charge in [0.2, 0.25) is 0 Å². The minimum Gasteiger partial charge on any atom is -0.480 e. The average molecular weight is 461 g/mol. The summed E-state index contributed by atoms with van der Waals surface area (Å²) >= 11 is 1.14. The van der Waals surface area contributed by atoms with Crippen molar-refractivity contribution in [2.24, 2.45) is 0 Å². The van der Waals surface area contributed by atoms with Gasteiger partial charge in [0, 0.05) is 13.1 Å². The van der Waals surface area contributed by atoms with Gasteiger partial charge in [-0.3, -0.25) is 19.8 Å². The monoisotopic (exact) mass is 460 g/mol. The largest absolute Gasteiger partial charge is 0.480 e. The first-order valence-electron chi connectivity index (χ1n) is 11.2. The fourth-order valence-corrected chi connectivity index (χ4v) is 5.53. The van der Waals surface area contributed by atoms with E-state index in [2.05, 4.69) is 41.7 Å². The number of benzene rings is 3. The summed E-state index contributed by atoms with van der Waals surface area (Å²) in [6.45, 7) is 1.10. The van der Waals surface area contributed by atoms with Crippen LogP contribution >= 0.6 is 11.8 Å². The first kappa shape index (κ1) is 23.2. The molecule has 2 N–H and O–H groups in total. The van der Waals surface area contributed by atoms with Crippen molar-refractivity contribution in [3.05, 3.63) is 108 Å². The van der Waals surface area contributed by atoms with E-state index in [9.17, 15) is 14.7 Å². The van der Waals surface area contributed by atoms with Crippen molar-refractivity contribution in [2.45, 2.75) is 29.8 Å². The van der Waals surface area contributed by atoms with E-state index in [-0.39, 0.29) is 5.37 Å². The smallest absolute Gasteiger partial charge is 0.320 e. The van der Waals surface area contributed by atoms with E-state index in [0.717, 1.165) is 40.5 Å². The number of aliphatic carboxylic acids is 1. The number of hydrogen-bond acceptors (Lipinski definition) is 5. The Kier molecular flexibility index (Phi) is 7.60. The molecule has 0 saturated carbocycles. The van der Waals surface area contributed by atoms with Gasteiger partial charge in [-0.05, 0) is 29.5 Å². The van der Waals surface area contributed by atoms with E-state index in [1.807, 2.05) is 59.5 Å². The molecule has 1 fully saturated rings. The van der Waals surface area contributed by atoms with E-state index in [1.54, 1.807) is 0 Å². The van der Waals surface area contributed by atoms with Crippen molar-refractivity contribution in [3.8, 4) is 0 Å². The number of carboxylic acid groups (broad SMARTS) is 1. The molecule has 1 heterocycles. The maximum atomic E-state index is 11.8. The Bertz CT molecular complexity index is 950. The Balaban J connectivity index is 1.78. The predicted octanol–water partition coefficient (Wildman–Crippen LogP) is 4.37. The quantitative estimate of drug-likeness (QED) is 0.346. The van der Waals surface area contributed by atoms with Crippen LogP contribution in [0.1, 0.15) is 29.5 Å². The first-order valence-corrected chi connectivity index (χ1v) is 12.1. The SMILES string of the molecule is O=CSC(CNC(c1ccccc1)(c1ccccc1)c1ccccc1)N1CCC[C@H]1C(=O)O. The van der Waals surface area contributed by atoms with Crippen LogP contribution in [0.5, 0.6) is 0 Å². The predicted molar refractivity (Wildman–Crippen MR) is 133 cm³/mol. The van der Waals surface area contributed by atoms with E-state index >= 15 is 0 Å². The number of carboxylic acids is 1. The maximum Gasteiger partial charge on any atom is 0.320 e. The summed E-state index contributed by atoms with van der Waals surface area (Å²) in [5.41, 5.74) is 3.39. The lowest BCUT2D eigenvalue weighted by Crippen LogP contribution is -2.52. The van der Waals surface area contributed by atoms with Crippen molar-refractivity contribution < 1.29 is 14.7 Å². The fraction of sp³-hybridized carbons (Fsp3) is 0.259. The van der Waals surface area contributed by atoms with Crippen LogP contribution in [0, 0.1) is 0 Å². The zero-order chi connectivity index (χ0) is 23.1. The lowest BCUT2D eigenvalue weighted by atomic mass is 9.77. The van der Waals surface area contributed by atoms with Gasteiger partial charge in [-0.15, -0.1) is 0 Å². The molecule has 0 aromatic heterocycles. The number of nitrogens with one attached hydrogen (secondary N) is 1. The molecule has 170 valence electrons. The van der Waals surface area contributed by atoms with Crippen molar-refractivity contribution in [1.82, 2.24) is 10.2 Å². The van der Waals surface area contributed by atoms with Gasteiger partial charge in [-0.1, -0.05) is 103 Å². The van der Waals surface area contributed by atoms with Crippen LogP contribution < -0.4 is 5.32 Å². The maximum absolute atomic E-state index is 11.8. The molecule has 0 amide bonds. The highest BCUT2D eigenvalue weighted by molar-refractivity contribution is 8.12. The van der Waals surface area contributed by atoms with E-state index in [0.29, 0.717) is 19.5 Å². The first-order chi connectivity index (χ1) is 16.2. The molecule has 2 atom stereocenters. The van der Waals surface area contributed by atoms with Gasteiger partial charge in [0.05, 0.1) is 10.9 Å². The summed E-state index contributed by atoms with van der Waals surface area (Å²) in [4.78, 5) is 25.3. The van der Waals surface area contributed by atoms with Crippen LogP contribution in [0.25, 0.3) is 0 Å². The topological polar surface area (TPSA) is 69.6 Å². The number of carbonyl (C=O) groups is 2. The third-order valence-corrected chi connectivity index (χ3v) is 7.19. The molecule has 6 heteroatoms. The third-order valence-electron chi connectivity index (χ3n) is 6.32. The summed E-state index contributed by atoms with van der Waals surface area (Å²) in [7, 11) is 0. The van der Waals surface area contributed by atoms with Gasteiger partial charge in [-0.2, -0.15) is 0 Å². The Morgan fingerprint density at radius 2 is 1.45 bits per heavy atom. The molecule has 5 nitrogen and oxygen atoms in total. The normalized spacial score (nSPS) is 17.5. The summed E-state index contributed by atoms with van der Waals surface area (Å²) in [6, 6.07) is 30.2. The highest BCUT2D eigenvalue weighted by Gasteiger charge is 2.40. The van der Waals surface area contributed by atoms with Gasteiger partial charge < -0.3 is 5.11 Å². The van der Waals surface area contributed by atoms with Crippen LogP contribution in [0.4, 0.5) is 0 Å². The Labute approximate surface area is 198 Å². The molecule has 0 aliphatic carbocycles. The Morgan fingerprint density at radius 3 is 1.88 bits per heavy atom.